The highest BCUT2D eigenvalue weighted by molar-refractivity contribution is 4.64. The summed E-state index contributed by atoms with van der Waals surface area (Å²) in [7, 11) is 1.77. The molecule has 0 aliphatic heterocycles. The molecule has 0 radical (unpaired) electrons. The highest BCUT2D eigenvalue weighted by Gasteiger charge is 2.11. The van der Waals surface area contributed by atoms with E-state index >= 15 is 0 Å². The summed E-state index contributed by atoms with van der Waals surface area (Å²) < 4.78 is 5.04. The lowest BCUT2D eigenvalue weighted by atomic mass is 9.86. The number of methoxy groups -OCH3 is 1. The molecular formula is C11H24O. The van der Waals surface area contributed by atoms with Gasteiger partial charge in [-0.25, -0.2) is 0 Å². The Labute approximate surface area is 77.5 Å². The Morgan fingerprint density at radius 2 is 1.75 bits per heavy atom. The zero-order valence-corrected chi connectivity index (χ0v) is 9.31. The topological polar surface area (TPSA) is 9.23 Å². The van der Waals surface area contributed by atoms with E-state index in [1.807, 2.05) is 0 Å². The molecule has 0 fully saturated rings. The van der Waals surface area contributed by atoms with Gasteiger partial charge in [-0.1, -0.05) is 34.1 Å². The summed E-state index contributed by atoms with van der Waals surface area (Å²) in [6.45, 7) is 10.1. The van der Waals surface area contributed by atoms with Crippen molar-refractivity contribution in [2.24, 2.45) is 11.3 Å². The largest absolute Gasteiger partial charge is 0.385 e. The monoisotopic (exact) mass is 172 g/mol. The Bertz CT molecular complexity index is 102. The number of hydrogen-bond acceptors (Lipinski definition) is 1. The zero-order valence-electron chi connectivity index (χ0n) is 9.31. The molecule has 74 valence electrons. The van der Waals surface area contributed by atoms with Crippen molar-refractivity contribution in [2.45, 2.75) is 47.0 Å². The van der Waals surface area contributed by atoms with E-state index in [1.165, 1.54) is 19.3 Å². The molecule has 0 spiro atoms. The third-order valence-corrected chi connectivity index (χ3v) is 2.20. The lowest BCUT2D eigenvalue weighted by Gasteiger charge is -2.20. The van der Waals surface area contributed by atoms with Crippen LogP contribution in [0.3, 0.4) is 0 Å². The van der Waals surface area contributed by atoms with Gasteiger partial charge in [-0.3, -0.25) is 0 Å². The van der Waals surface area contributed by atoms with Crippen LogP contribution in [-0.4, -0.2) is 13.7 Å². The van der Waals surface area contributed by atoms with Gasteiger partial charge in [0.2, 0.25) is 0 Å². The third-order valence-electron chi connectivity index (χ3n) is 2.20. The molecule has 0 aromatic carbocycles. The molecule has 1 unspecified atom stereocenters. The maximum Gasteiger partial charge on any atom is 0.0464 e. The molecule has 0 bridgehead atoms. The predicted molar refractivity (Wildman–Crippen MR) is 54.3 cm³/mol. The van der Waals surface area contributed by atoms with E-state index < -0.39 is 0 Å². The fourth-order valence-corrected chi connectivity index (χ4v) is 1.14. The van der Waals surface area contributed by atoms with E-state index in [4.69, 9.17) is 4.74 Å². The van der Waals surface area contributed by atoms with Gasteiger partial charge in [0.05, 0.1) is 0 Å². The average Bonchev–Trinajstić information content (AvgIpc) is 1.95. The lowest BCUT2D eigenvalue weighted by molar-refractivity contribution is 0.174. The first-order valence-corrected chi connectivity index (χ1v) is 4.94. The molecule has 0 rings (SSSR count). The van der Waals surface area contributed by atoms with Crippen molar-refractivity contribution in [3.8, 4) is 0 Å². The van der Waals surface area contributed by atoms with Gasteiger partial charge in [0.25, 0.3) is 0 Å². The molecule has 0 aliphatic carbocycles. The maximum atomic E-state index is 5.04. The van der Waals surface area contributed by atoms with E-state index in [0.29, 0.717) is 5.41 Å². The van der Waals surface area contributed by atoms with Crippen LogP contribution < -0.4 is 0 Å². The molecule has 0 N–H and O–H groups in total. The van der Waals surface area contributed by atoms with Crippen LogP contribution in [0, 0.1) is 11.3 Å². The smallest absolute Gasteiger partial charge is 0.0464 e. The Morgan fingerprint density at radius 1 is 1.17 bits per heavy atom. The van der Waals surface area contributed by atoms with Gasteiger partial charge >= 0.3 is 0 Å². The lowest BCUT2D eigenvalue weighted by Crippen LogP contribution is -2.08. The second-order valence-electron chi connectivity index (χ2n) is 4.99. The van der Waals surface area contributed by atoms with Crippen molar-refractivity contribution in [3.63, 3.8) is 0 Å². The molecule has 0 aromatic rings. The van der Waals surface area contributed by atoms with Gasteiger partial charge in [-0.15, -0.1) is 0 Å². The van der Waals surface area contributed by atoms with Crippen LogP contribution in [0.2, 0.25) is 0 Å². The third kappa shape index (κ3) is 8.06. The Morgan fingerprint density at radius 3 is 2.17 bits per heavy atom. The number of hydrogen-bond donors (Lipinski definition) is 0. The summed E-state index contributed by atoms with van der Waals surface area (Å²) in [6, 6.07) is 0. The molecule has 12 heavy (non-hydrogen) atoms. The van der Waals surface area contributed by atoms with Crippen LogP contribution in [-0.2, 0) is 4.74 Å². The van der Waals surface area contributed by atoms with Crippen molar-refractivity contribution < 1.29 is 4.74 Å². The minimum Gasteiger partial charge on any atom is -0.385 e. The van der Waals surface area contributed by atoms with Crippen molar-refractivity contribution >= 4 is 0 Å². The Balaban J connectivity index is 3.37. The van der Waals surface area contributed by atoms with Crippen molar-refractivity contribution in [2.75, 3.05) is 13.7 Å². The van der Waals surface area contributed by atoms with Gasteiger partial charge in [0.15, 0.2) is 0 Å². The van der Waals surface area contributed by atoms with Gasteiger partial charge in [0.1, 0.15) is 0 Å². The molecule has 0 aliphatic rings. The number of ether oxygens (including phenoxy) is 1. The molecule has 0 aromatic heterocycles. The highest BCUT2D eigenvalue weighted by Crippen LogP contribution is 2.24. The van der Waals surface area contributed by atoms with E-state index in [9.17, 15) is 0 Å². The standard InChI is InChI=1S/C11H24O/c1-10(7-9-12-5)6-8-11(2,3)4/h10H,6-9H2,1-5H3. The van der Waals surface area contributed by atoms with Crippen molar-refractivity contribution in [1.29, 1.82) is 0 Å². The summed E-state index contributed by atoms with van der Waals surface area (Å²) in [5.74, 6) is 0.809. The van der Waals surface area contributed by atoms with Crippen LogP contribution in [0.5, 0.6) is 0 Å². The molecule has 0 saturated carbocycles. The van der Waals surface area contributed by atoms with Crippen LogP contribution >= 0.6 is 0 Å². The van der Waals surface area contributed by atoms with Gasteiger partial charge in [-0.2, -0.15) is 0 Å². The predicted octanol–water partition coefficient (Wildman–Crippen LogP) is 3.49. The van der Waals surface area contributed by atoms with Crippen LogP contribution in [0.4, 0.5) is 0 Å². The molecule has 0 amide bonds. The first kappa shape index (κ1) is 12.0. The van der Waals surface area contributed by atoms with Crippen LogP contribution in [0.25, 0.3) is 0 Å². The van der Waals surface area contributed by atoms with Crippen molar-refractivity contribution in [1.82, 2.24) is 0 Å². The zero-order chi connectivity index (χ0) is 9.61. The minimum atomic E-state index is 0.487. The second kappa shape index (κ2) is 5.58. The summed E-state index contributed by atoms with van der Waals surface area (Å²) in [6.07, 6.45) is 3.84. The molecule has 1 nitrogen and oxygen atoms in total. The Kier molecular flexibility index (Phi) is 5.56. The molecule has 1 atom stereocenters. The molecular weight excluding hydrogens is 148 g/mol. The molecule has 0 heterocycles. The minimum absolute atomic E-state index is 0.487. The van der Waals surface area contributed by atoms with Gasteiger partial charge in [0, 0.05) is 13.7 Å². The maximum absolute atomic E-state index is 5.04. The van der Waals surface area contributed by atoms with E-state index in [1.54, 1.807) is 7.11 Å². The van der Waals surface area contributed by atoms with Crippen LogP contribution in [0.1, 0.15) is 47.0 Å². The fraction of sp³-hybridized carbons (Fsp3) is 1.00. The molecule has 0 saturated heterocycles. The highest BCUT2D eigenvalue weighted by atomic mass is 16.5. The number of rotatable bonds is 5. The van der Waals surface area contributed by atoms with Crippen LogP contribution in [0.15, 0.2) is 0 Å². The van der Waals surface area contributed by atoms with Gasteiger partial charge < -0.3 is 4.74 Å². The first-order chi connectivity index (χ1) is 5.45. The average molecular weight is 172 g/mol. The van der Waals surface area contributed by atoms with E-state index in [2.05, 4.69) is 27.7 Å². The van der Waals surface area contributed by atoms with E-state index in [-0.39, 0.29) is 0 Å². The van der Waals surface area contributed by atoms with E-state index in [0.717, 1.165) is 12.5 Å². The summed E-state index contributed by atoms with van der Waals surface area (Å²) in [5, 5.41) is 0. The second-order valence-corrected chi connectivity index (χ2v) is 4.99. The Hall–Kier alpha value is -0.0400. The summed E-state index contributed by atoms with van der Waals surface area (Å²) in [4.78, 5) is 0. The summed E-state index contributed by atoms with van der Waals surface area (Å²) >= 11 is 0. The normalized spacial score (nSPS) is 14.8. The summed E-state index contributed by atoms with van der Waals surface area (Å²) in [5.41, 5.74) is 0.487. The van der Waals surface area contributed by atoms with Gasteiger partial charge in [-0.05, 0) is 24.2 Å². The SMILES string of the molecule is COCCC(C)CCC(C)(C)C. The molecule has 1 heteroatoms. The van der Waals surface area contributed by atoms with Crippen molar-refractivity contribution in [3.05, 3.63) is 0 Å². The fourth-order valence-electron chi connectivity index (χ4n) is 1.14. The first-order valence-electron chi connectivity index (χ1n) is 4.94. The quantitative estimate of drug-likeness (QED) is 0.617.